The van der Waals surface area contributed by atoms with Gasteiger partial charge >= 0.3 is 7.12 Å². The minimum atomic E-state index is -0.330. The Kier molecular flexibility index (Phi) is 4.41. The van der Waals surface area contributed by atoms with Crippen molar-refractivity contribution in [3.8, 4) is 11.5 Å². The van der Waals surface area contributed by atoms with E-state index in [0.717, 1.165) is 46.0 Å². The molecule has 31 heavy (non-hydrogen) atoms. The minimum absolute atomic E-state index is 0.00225. The summed E-state index contributed by atoms with van der Waals surface area (Å²) in [5.41, 5.74) is 3.48. The van der Waals surface area contributed by atoms with E-state index < -0.39 is 0 Å². The van der Waals surface area contributed by atoms with Gasteiger partial charge in [0.25, 0.3) is 0 Å². The first-order valence-electron chi connectivity index (χ1n) is 10.7. The van der Waals surface area contributed by atoms with E-state index in [-0.39, 0.29) is 19.3 Å². The van der Waals surface area contributed by atoms with E-state index in [1.165, 1.54) is 16.5 Å². The van der Waals surface area contributed by atoms with Crippen LogP contribution < -0.4 is 14.9 Å². The van der Waals surface area contributed by atoms with Crippen molar-refractivity contribution >= 4 is 34.1 Å². The summed E-state index contributed by atoms with van der Waals surface area (Å²) in [4.78, 5) is 0. The van der Waals surface area contributed by atoms with Gasteiger partial charge in [0.15, 0.2) is 0 Å². The largest absolute Gasteiger partial charge is 0.497 e. The van der Waals surface area contributed by atoms with Crippen molar-refractivity contribution in [1.29, 1.82) is 0 Å². The maximum atomic E-state index is 6.44. The zero-order valence-electron chi connectivity index (χ0n) is 17.6. The van der Waals surface area contributed by atoms with Crippen molar-refractivity contribution in [2.75, 3.05) is 14.2 Å². The monoisotopic (exact) mass is 410 g/mol. The number of hydrogen-bond acceptors (Lipinski definition) is 4. The van der Waals surface area contributed by atoms with Crippen LogP contribution in [-0.4, -0.2) is 27.4 Å². The van der Waals surface area contributed by atoms with Crippen LogP contribution in [0, 0.1) is 0 Å². The lowest BCUT2D eigenvalue weighted by Gasteiger charge is -2.40. The molecule has 2 atom stereocenters. The Hall–Kier alpha value is -3.02. The standard InChI is InChI=1S/C26H23BO4/c1-28-20-9-8-16-10-18-13-23-24(26(29-2)22(18)12-17(16)11-20)14-21-15-25(23)31-27(30-21)19-6-4-3-5-7-19/h3-13,21,25H,14-15H2,1-2H3. The fourth-order valence-corrected chi connectivity index (χ4v) is 5.05. The molecule has 4 aromatic carbocycles. The number of rotatable bonds is 3. The average Bonchev–Trinajstić information content (AvgIpc) is 2.82. The molecule has 2 aliphatic rings. The maximum Gasteiger partial charge on any atom is 0.494 e. The zero-order valence-corrected chi connectivity index (χ0v) is 17.6. The molecule has 6 rings (SSSR count). The molecule has 4 aromatic rings. The quantitative estimate of drug-likeness (QED) is 0.359. The second-order valence-corrected chi connectivity index (χ2v) is 8.33. The number of benzene rings is 4. The summed E-state index contributed by atoms with van der Waals surface area (Å²) >= 11 is 0. The molecule has 0 aromatic heterocycles. The Morgan fingerprint density at radius 1 is 0.839 bits per heavy atom. The van der Waals surface area contributed by atoms with Gasteiger partial charge in [0.2, 0.25) is 0 Å². The topological polar surface area (TPSA) is 36.9 Å². The van der Waals surface area contributed by atoms with Crippen LogP contribution in [0.3, 0.4) is 0 Å². The van der Waals surface area contributed by atoms with E-state index in [1.807, 2.05) is 24.3 Å². The summed E-state index contributed by atoms with van der Waals surface area (Å²) in [6, 6.07) is 23.1. The van der Waals surface area contributed by atoms with Gasteiger partial charge < -0.3 is 18.8 Å². The first-order chi connectivity index (χ1) is 15.2. The van der Waals surface area contributed by atoms with Crippen molar-refractivity contribution in [3.05, 3.63) is 77.9 Å². The van der Waals surface area contributed by atoms with Gasteiger partial charge in [-0.2, -0.15) is 0 Å². The van der Waals surface area contributed by atoms with Crippen LogP contribution in [-0.2, 0) is 15.7 Å². The van der Waals surface area contributed by atoms with Crippen LogP contribution in [0.15, 0.2) is 66.7 Å². The molecule has 1 aliphatic heterocycles. The highest BCUT2D eigenvalue weighted by Crippen LogP contribution is 2.45. The maximum absolute atomic E-state index is 6.44. The number of hydrogen-bond donors (Lipinski definition) is 0. The second kappa shape index (κ2) is 7.29. The van der Waals surface area contributed by atoms with Crippen LogP contribution in [0.25, 0.3) is 21.5 Å². The Bertz CT molecular complexity index is 1290. The summed E-state index contributed by atoms with van der Waals surface area (Å²) < 4.78 is 24.1. The van der Waals surface area contributed by atoms with Crippen molar-refractivity contribution in [3.63, 3.8) is 0 Å². The molecule has 1 heterocycles. The Balaban J connectivity index is 1.49. The Labute approximate surface area is 181 Å². The summed E-state index contributed by atoms with van der Waals surface area (Å²) in [7, 11) is 3.12. The molecular weight excluding hydrogens is 387 g/mol. The van der Waals surface area contributed by atoms with Gasteiger partial charge in [-0.15, -0.1) is 0 Å². The summed E-state index contributed by atoms with van der Waals surface area (Å²) in [5, 5.41) is 4.59. The van der Waals surface area contributed by atoms with Gasteiger partial charge in [-0.3, -0.25) is 0 Å². The summed E-state index contributed by atoms with van der Waals surface area (Å²) in [5.74, 6) is 1.78. The smallest absolute Gasteiger partial charge is 0.494 e. The second-order valence-electron chi connectivity index (χ2n) is 8.33. The van der Waals surface area contributed by atoms with Gasteiger partial charge in [-0.25, -0.2) is 0 Å². The molecule has 0 radical (unpaired) electrons. The fraction of sp³-hybridized carbons (Fsp3) is 0.231. The number of ether oxygens (including phenoxy) is 2. The van der Waals surface area contributed by atoms with E-state index >= 15 is 0 Å². The summed E-state index contributed by atoms with van der Waals surface area (Å²) in [6.45, 7) is 0. The van der Waals surface area contributed by atoms with Gasteiger partial charge in [-0.05, 0) is 57.5 Å². The van der Waals surface area contributed by atoms with E-state index in [0.29, 0.717) is 0 Å². The zero-order chi connectivity index (χ0) is 20.9. The minimum Gasteiger partial charge on any atom is -0.497 e. The highest BCUT2D eigenvalue weighted by atomic mass is 16.6. The molecule has 1 saturated heterocycles. The van der Waals surface area contributed by atoms with Crippen molar-refractivity contribution in [2.45, 2.75) is 25.0 Å². The van der Waals surface area contributed by atoms with Gasteiger partial charge in [0.05, 0.1) is 20.3 Å². The molecule has 0 N–H and O–H groups in total. The van der Waals surface area contributed by atoms with E-state index in [1.54, 1.807) is 14.2 Å². The van der Waals surface area contributed by atoms with E-state index in [9.17, 15) is 0 Å². The third-order valence-corrected chi connectivity index (χ3v) is 6.53. The number of fused-ring (bicyclic) bond motifs is 6. The molecule has 0 amide bonds. The molecular formula is C26H23BO4. The molecule has 154 valence electrons. The fourth-order valence-electron chi connectivity index (χ4n) is 5.05. The Morgan fingerprint density at radius 3 is 2.52 bits per heavy atom. The third-order valence-electron chi connectivity index (χ3n) is 6.53. The lowest BCUT2D eigenvalue weighted by atomic mass is 9.73. The SMILES string of the molecule is COc1ccc2cc3cc4c(c(OC)c3cc2c1)CC1CC4OB(c2ccccc2)O1. The summed E-state index contributed by atoms with van der Waals surface area (Å²) in [6.07, 6.45) is 1.81. The van der Waals surface area contributed by atoms with E-state index in [2.05, 4.69) is 42.5 Å². The van der Waals surface area contributed by atoms with Crippen LogP contribution in [0.2, 0.25) is 0 Å². The van der Waals surface area contributed by atoms with Crippen LogP contribution >= 0.6 is 0 Å². The van der Waals surface area contributed by atoms with Crippen LogP contribution in [0.4, 0.5) is 0 Å². The first-order valence-corrected chi connectivity index (χ1v) is 10.7. The molecule has 2 bridgehead atoms. The first kappa shape index (κ1) is 18.7. The normalized spacial score (nSPS) is 20.0. The Morgan fingerprint density at radius 2 is 1.71 bits per heavy atom. The number of methoxy groups -OCH3 is 2. The van der Waals surface area contributed by atoms with Crippen molar-refractivity contribution < 1.29 is 18.8 Å². The molecule has 4 nitrogen and oxygen atoms in total. The van der Waals surface area contributed by atoms with Crippen molar-refractivity contribution in [1.82, 2.24) is 0 Å². The van der Waals surface area contributed by atoms with Crippen molar-refractivity contribution in [2.24, 2.45) is 0 Å². The molecule has 1 aliphatic carbocycles. The van der Waals surface area contributed by atoms with E-state index in [4.69, 9.17) is 18.8 Å². The molecule has 1 fully saturated rings. The highest BCUT2D eigenvalue weighted by Gasteiger charge is 2.41. The van der Waals surface area contributed by atoms with Crippen LogP contribution in [0.1, 0.15) is 23.7 Å². The predicted octanol–water partition coefficient (Wildman–Crippen LogP) is 4.81. The third kappa shape index (κ3) is 3.08. The average molecular weight is 410 g/mol. The molecule has 2 unspecified atom stereocenters. The van der Waals surface area contributed by atoms with Crippen LogP contribution in [0.5, 0.6) is 11.5 Å². The molecule has 0 saturated carbocycles. The van der Waals surface area contributed by atoms with Gasteiger partial charge in [0.1, 0.15) is 11.5 Å². The van der Waals surface area contributed by atoms with Gasteiger partial charge in [-0.1, -0.05) is 36.4 Å². The predicted molar refractivity (Wildman–Crippen MR) is 123 cm³/mol. The molecule has 5 heteroatoms. The lowest BCUT2D eigenvalue weighted by Crippen LogP contribution is -2.48. The molecule has 0 spiro atoms. The highest BCUT2D eigenvalue weighted by molar-refractivity contribution is 6.61. The van der Waals surface area contributed by atoms with Gasteiger partial charge in [0, 0.05) is 29.9 Å². The lowest BCUT2D eigenvalue weighted by molar-refractivity contribution is 0.0110.